The van der Waals surface area contributed by atoms with Crippen LogP contribution in [0, 0.1) is 0 Å². The van der Waals surface area contributed by atoms with Gasteiger partial charge in [0.1, 0.15) is 11.8 Å². The first-order valence-electron chi connectivity index (χ1n) is 4.96. The minimum absolute atomic E-state index is 0.203. The highest BCUT2D eigenvalue weighted by atomic mass is 16.6. The average molecular weight is 199 g/mol. The maximum absolute atomic E-state index is 11.6. The molecule has 0 radical (unpaired) electrons. The zero-order valence-electron chi connectivity index (χ0n) is 8.91. The highest BCUT2D eigenvalue weighted by Crippen LogP contribution is 2.18. The molecule has 0 aromatic heterocycles. The lowest BCUT2D eigenvalue weighted by atomic mass is 10.2. The molecule has 14 heavy (non-hydrogen) atoms. The summed E-state index contributed by atoms with van der Waals surface area (Å²) in [5, 5.41) is 2.13. The Morgan fingerprint density at radius 1 is 1.43 bits per heavy atom. The van der Waals surface area contributed by atoms with Crippen molar-refractivity contribution >= 4 is 6.09 Å². The largest absolute Gasteiger partial charge is 0.444 e. The van der Waals surface area contributed by atoms with Crippen molar-refractivity contribution in [1.29, 1.82) is 0 Å². The third-order valence-electron chi connectivity index (χ3n) is 2.28. The first-order valence-corrected chi connectivity index (χ1v) is 4.96. The van der Waals surface area contributed by atoms with Gasteiger partial charge in [-0.2, -0.15) is 0 Å². The minimum atomic E-state index is -0.398. The summed E-state index contributed by atoms with van der Waals surface area (Å²) >= 11 is 0. The van der Waals surface area contributed by atoms with Crippen molar-refractivity contribution in [1.82, 2.24) is 15.3 Å². The maximum atomic E-state index is 11.6. The molecule has 0 aromatic rings. The van der Waals surface area contributed by atoms with Crippen molar-refractivity contribution in [3.63, 3.8) is 0 Å². The fourth-order valence-electron chi connectivity index (χ4n) is 1.54. The number of nitrogens with zero attached hydrogens (tertiary/aromatic N) is 2. The van der Waals surface area contributed by atoms with Gasteiger partial charge in [-0.1, -0.05) is 0 Å². The fourth-order valence-corrected chi connectivity index (χ4v) is 1.54. The van der Waals surface area contributed by atoms with Crippen molar-refractivity contribution in [2.75, 3.05) is 19.6 Å². The number of ether oxygens (including phenoxy) is 1. The Morgan fingerprint density at radius 2 is 2.14 bits per heavy atom. The van der Waals surface area contributed by atoms with Crippen molar-refractivity contribution in [2.45, 2.75) is 32.5 Å². The summed E-state index contributed by atoms with van der Waals surface area (Å²) in [6.45, 7) is 8.03. The van der Waals surface area contributed by atoms with Crippen LogP contribution in [0.25, 0.3) is 0 Å². The Morgan fingerprint density at radius 3 is 2.71 bits per heavy atom. The lowest BCUT2D eigenvalue weighted by Crippen LogP contribution is -2.44. The number of hydrogen-bond acceptors (Lipinski definition) is 4. The predicted octanol–water partition coefficient (Wildman–Crippen LogP) is 0.383. The summed E-state index contributed by atoms with van der Waals surface area (Å²) in [5.74, 6) is 0. The number of amides is 1. The van der Waals surface area contributed by atoms with Crippen LogP contribution in [0.4, 0.5) is 4.79 Å². The van der Waals surface area contributed by atoms with E-state index in [1.54, 1.807) is 4.90 Å². The normalized spacial score (nSPS) is 30.9. The molecule has 0 saturated carbocycles. The van der Waals surface area contributed by atoms with E-state index in [0.29, 0.717) is 6.17 Å². The lowest BCUT2D eigenvalue weighted by molar-refractivity contribution is 0.0208. The second-order valence-corrected chi connectivity index (χ2v) is 4.76. The van der Waals surface area contributed by atoms with Gasteiger partial charge in [-0.15, -0.1) is 0 Å². The van der Waals surface area contributed by atoms with Gasteiger partial charge >= 0.3 is 6.09 Å². The van der Waals surface area contributed by atoms with Crippen LogP contribution in [0.1, 0.15) is 20.8 Å². The summed E-state index contributed by atoms with van der Waals surface area (Å²) in [6, 6.07) is 0. The fraction of sp³-hybridized carbons (Fsp3) is 0.889. The molecule has 5 heteroatoms. The van der Waals surface area contributed by atoms with Gasteiger partial charge in [-0.3, -0.25) is 0 Å². The predicted molar refractivity (Wildman–Crippen MR) is 51.4 cm³/mol. The molecule has 2 fully saturated rings. The Hall–Kier alpha value is -0.810. The number of rotatable bonds is 0. The standard InChI is InChI=1S/C9H17N3O2/c1-9(2,3)14-8(13)11-4-5-12-7(6-11)10-12/h7,10H,4-6H2,1-3H3. The van der Waals surface area contributed by atoms with Crippen LogP contribution in [0.15, 0.2) is 0 Å². The molecule has 2 aliphatic heterocycles. The lowest BCUT2D eigenvalue weighted by Gasteiger charge is -2.29. The van der Waals surface area contributed by atoms with Gasteiger partial charge < -0.3 is 9.64 Å². The molecule has 1 amide bonds. The first kappa shape index (κ1) is 9.73. The highest BCUT2D eigenvalue weighted by molar-refractivity contribution is 5.68. The third-order valence-corrected chi connectivity index (χ3v) is 2.28. The number of piperazine rings is 1. The Balaban J connectivity index is 1.85. The SMILES string of the molecule is CC(C)(C)OC(=O)N1CCN2NC2C1. The number of hydrazine groups is 1. The van der Waals surface area contributed by atoms with E-state index in [9.17, 15) is 4.79 Å². The number of nitrogens with one attached hydrogen (secondary N) is 1. The smallest absolute Gasteiger partial charge is 0.410 e. The van der Waals surface area contributed by atoms with E-state index < -0.39 is 5.60 Å². The zero-order chi connectivity index (χ0) is 10.3. The molecule has 5 nitrogen and oxygen atoms in total. The molecule has 2 heterocycles. The van der Waals surface area contributed by atoms with Crippen molar-refractivity contribution < 1.29 is 9.53 Å². The van der Waals surface area contributed by atoms with Crippen LogP contribution in [0.2, 0.25) is 0 Å². The van der Waals surface area contributed by atoms with E-state index >= 15 is 0 Å². The summed E-state index contributed by atoms with van der Waals surface area (Å²) in [4.78, 5) is 13.4. The van der Waals surface area contributed by atoms with Crippen molar-refractivity contribution in [2.24, 2.45) is 0 Å². The molecule has 2 atom stereocenters. The number of fused-ring (bicyclic) bond motifs is 1. The van der Waals surface area contributed by atoms with Crippen molar-refractivity contribution in [3.05, 3.63) is 0 Å². The number of carbonyl (C=O) groups excluding carboxylic acids is 1. The molecule has 2 aliphatic rings. The third kappa shape index (κ3) is 2.16. The molecule has 2 saturated heterocycles. The second kappa shape index (κ2) is 3.10. The van der Waals surface area contributed by atoms with Crippen molar-refractivity contribution in [3.8, 4) is 0 Å². The first-order chi connectivity index (χ1) is 6.46. The summed E-state index contributed by atoms with van der Waals surface area (Å²) in [5.41, 5.74) is 2.76. The Bertz CT molecular complexity index is 249. The Kier molecular flexibility index (Phi) is 2.16. The molecule has 2 rings (SSSR count). The van der Waals surface area contributed by atoms with E-state index in [1.165, 1.54) is 0 Å². The average Bonchev–Trinajstić information content (AvgIpc) is 2.77. The second-order valence-electron chi connectivity index (χ2n) is 4.76. The van der Waals surface area contributed by atoms with Gasteiger partial charge in [0, 0.05) is 13.1 Å². The van der Waals surface area contributed by atoms with Crippen LogP contribution in [0.5, 0.6) is 0 Å². The maximum Gasteiger partial charge on any atom is 0.410 e. The summed E-state index contributed by atoms with van der Waals surface area (Å²) in [7, 11) is 0. The van der Waals surface area contributed by atoms with E-state index in [2.05, 4.69) is 10.4 Å². The van der Waals surface area contributed by atoms with Crippen LogP contribution >= 0.6 is 0 Å². The number of hydrogen-bond donors (Lipinski definition) is 1. The zero-order valence-corrected chi connectivity index (χ0v) is 8.91. The van der Waals surface area contributed by atoms with E-state index in [4.69, 9.17) is 4.74 Å². The van der Waals surface area contributed by atoms with Crippen LogP contribution in [-0.4, -0.2) is 47.4 Å². The molecule has 0 spiro atoms. The van der Waals surface area contributed by atoms with Crippen LogP contribution < -0.4 is 5.43 Å². The van der Waals surface area contributed by atoms with Gasteiger partial charge in [0.25, 0.3) is 0 Å². The minimum Gasteiger partial charge on any atom is -0.444 e. The summed E-state index contributed by atoms with van der Waals surface area (Å²) in [6.07, 6.45) is 0.155. The molecule has 2 unspecified atom stereocenters. The van der Waals surface area contributed by atoms with E-state index in [-0.39, 0.29) is 6.09 Å². The monoisotopic (exact) mass is 199 g/mol. The van der Waals surface area contributed by atoms with Gasteiger partial charge in [-0.05, 0) is 20.8 Å². The molecule has 0 aromatic carbocycles. The quantitative estimate of drug-likeness (QED) is 0.573. The molecule has 80 valence electrons. The molecular formula is C9H17N3O2. The van der Waals surface area contributed by atoms with E-state index in [1.807, 2.05) is 20.8 Å². The summed E-state index contributed by atoms with van der Waals surface area (Å²) < 4.78 is 5.28. The van der Waals surface area contributed by atoms with Gasteiger partial charge in [0.05, 0.1) is 6.54 Å². The van der Waals surface area contributed by atoms with Gasteiger partial charge in [0.2, 0.25) is 0 Å². The number of carbonyl (C=O) groups is 1. The van der Waals surface area contributed by atoms with Gasteiger partial charge in [-0.25, -0.2) is 15.2 Å². The molecule has 0 bridgehead atoms. The van der Waals surface area contributed by atoms with Crippen LogP contribution in [-0.2, 0) is 4.74 Å². The molecular weight excluding hydrogens is 182 g/mol. The molecule has 1 N–H and O–H groups in total. The highest BCUT2D eigenvalue weighted by Gasteiger charge is 2.41. The van der Waals surface area contributed by atoms with Crippen LogP contribution in [0.3, 0.4) is 0 Å². The molecule has 0 aliphatic carbocycles. The Labute approximate surface area is 84.0 Å². The van der Waals surface area contributed by atoms with Gasteiger partial charge in [0.15, 0.2) is 0 Å². The van der Waals surface area contributed by atoms with E-state index in [0.717, 1.165) is 19.6 Å². The topological polar surface area (TPSA) is 54.5 Å².